The van der Waals surface area contributed by atoms with Crippen molar-refractivity contribution in [2.24, 2.45) is 39.4 Å². The minimum Gasteiger partial charge on any atom is -0.481 e. The van der Waals surface area contributed by atoms with E-state index < -0.39 is 239 Å². The molecule has 34 atom stereocenters. The number of allylic oxidation sites excluding steroid dienone is 3. The van der Waals surface area contributed by atoms with Crippen molar-refractivity contribution in [1.82, 2.24) is 0 Å². The van der Waals surface area contributed by atoms with Crippen molar-refractivity contribution >= 4 is 5.97 Å². The Hall–Kier alpha value is -2.17. The van der Waals surface area contributed by atoms with Gasteiger partial charge >= 0.3 is 5.97 Å². The van der Waals surface area contributed by atoms with E-state index in [1.165, 1.54) is 11.1 Å². The number of fused-ring (bicyclic) bond motifs is 4. The molecule has 534 valence electrons. The first-order valence-electron chi connectivity index (χ1n) is 32.9. The third-order valence-corrected chi connectivity index (χ3v) is 23.0. The third kappa shape index (κ3) is 13.5. The molecule has 6 aliphatic heterocycles. The predicted molar refractivity (Wildman–Crippen MR) is 313 cm³/mol. The fourth-order valence-corrected chi connectivity index (χ4v) is 17.7. The van der Waals surface area contributed by atoms with Crippen LogP contribution in [-0.2, 0) is 61.6 Å². The monoisotopic (exact) mass is 1340 g/mol. The van der Waals surface area contributed by atoms with Gasteiger partial charge in [-0.05, 0) is 112 Å². The molecule has 0 bridgehead atoms. The number of aliphatic carboxylic acids is 1. The molecule has 6 saturated heterocycles. The lowest BCUT2D eigenvalue weighted by molar-refractivity contribution is -0.395. The molecule has 2 saturated carbocycles. The van der Waals surface area contributed by atoms with E-state index in [9.17, 15) is 91.6 Å². The van der Waals surface area contributed by atoms with Crippen LogP contribution < -0.4 is 0 Å². The number of carboxylic acids is 1. The van der Waals surface area contributed by atoms with Crippen LogP contribution in [0.25, 0.3) is 0 Å². The Bertz CT molecular complexity index is 2570. The van der Waals surface area contributed by atoms with Gasteiger partial charge < -0.3 is 144 Å². The van der Waals surface area contributed by atoms with Gasteiger partial charge in [-0.25, -0.2) is 0 Å². The molecule has 0 amide bonds. The summed E-state index contributed by atoms with van der Waals surface area (Å²) >= 11 is 0. The second-order valence-electron chi connectivity index (χ2n) is 29.0. The topological polar surface area (TPSA) is 472 Å². The van der Waals surface area contributed by atoms with Crippen LogP contribution in [0.1, 0.15) is 113 Å². The quantitative estimate of drug-likeness (QED) is 0.0524. The summed E-state index contributed by atoms with van der Waals surface area (Å²) < 4.78 is 71.9. The molecule has 4 aliphatic carbocycles. The van der Waals surface area contributed by atoms with Gasteiger partial charge in [-0.1, -0.05) is 57.4 Å². The van der Waals surface area contributed by atoms with Gasteiger partial charge in [0.25, 0.3) is 0 Å². The molecule has 8 fully saturated rings. The van der Waals surface area contributed by atoms with Gasteiger partial charge in [-0.15, -0.1) is 0 Å². The molecular formula is C63H102O30. The van der Waals surface area contributed by atoms with E-state index >= 15 is 0 Å². The van der Waals surface area contributed by atoms with Crippen LogP contribution in [0, 0.1) is 39.4 Å². The Balaban J connectivity index is 0.835. The number of aliphatic hydroxyl groups is 16. The zero-order valence-corrected chi connectivity index (χ0v) is 53.7. The van der Waals surface area contributed by atoms with Crippen molar-refractivity contribution in [3.8, 4) is 0 Å². The summed E-state index contributed by atoms with van der Waals surface area (Å²) in [5.41, 5.74) is 1.09. The lowest BCUT2D eigenvalue weighted by Crippen LogP contribution is -2.67. The van der Waals surface area contributed by atoms with Crippen LogP contribution in [0.4, 0.5) is 0 Å². The molecule has 0 aromatic heterocycles. The number of carbonyl (C=O) groups is 1. The normalized spacial score (nSPS) is 50.5. The first kappa shape index (κ1) is 73.5. The van der Waals surface area contributed by atoms with Crippen molar-refractivity contribution in [2.45, 2.75) is 285 Å². The first-order valence-corrected chi connectivity index (χ1v) is 32.9. The van der Waals surface area contributed by atoms with Gasteiger partial charge in [-0.3, -0.25) is 4.79 Å². The lowest BCUT2D eigenvalue weighted by Gasteiger charge is -2.62. The Labute approximate surface area is 539 Å². The van der Waals surface area contributed by atoms with Crippen LogP contribution >= 0.6 is 0 Å². The highest BCUT2D eigenvalue weighted by molar-refractivity contribution is 5.82. The zero-order chi connectivity index (χ0) is 67.7. The second kappa shape index (κ2) is 29.2. The molecular weight excluding hydrogens is 1240 g/mol. The maximum atomic E-state index is 14.0. The average molecular weight is 1340 g/mol. The maximum Gasteiger partial charge on any atom is 0.314 e. The third-order valence-electron chi connectivity index (χ3n) is 23.0. The predicted octanol–water partition coefficient (Wildman–Crippen LogP) is -3.59. The smallest absolute Gasteiger partial charge is 0.314 e. The number of rotatable bonds is 20. The minimum atomic E-state index is -2.10. The van der Waals surface area contributed by atoms with Crippen LogP contribution in [0.2, 0.25) is 0 Å². The van der Waals surface area contributed by atoms with Crippen molar-refractivity contribution in [3.05, 3.63) is 22.8 Å². The molecule has 10 aliphatic rings. The molecule has 0 spiro atoms. The molecule has 6 heterocycles. The summed E-state index contributed by atoms with van der Waals surface area (Å²) in [5.74, 6) is -0.196. The number of aliphatic hydroxyl groups excluding tert-OH is 16. The van der Waals surface area contributed by atoms with E-state index in [0.717, 1.165) is 37.7 Å². The number of hydrogen-bond donors (Lipinski definition) is 17. The molecule has 18 unspecified atom stereocenters. The second-order valence-corrected chi connectivity index (χ2v) is 29.0. The van der Waals surface area contributed by atoms with Crippen LogP contribution in [0.3, 0.4) is 0 Å². The van der Waals surface area contributed by atoms with E-state index in [4.69, 9.17) is 56.8 Å². The summed E-state index contributed by atoms with van der Waals surface area (Å²) in [6.45, 7) is 10.8. The maximum absolute atomic E-state index is 14.0. The summed E-state index contributed by atoms with van der Waals surface area (Å²) in [6.07, 6.45) is -39.4. The van der Waals surface area contributed by atoms with E-state index in [1.807, 2.05) is 0 Å². The Morgan fingerprint density at radius 2 is 1.05 bits per heavy atom. The zero-order valence-electron chi connectivity index (χ0n) is 53.7. The molecule has 0 aromatic rings. The fourth-order valence-electron chi connectivity index (χ4n) is 17.7. The molecule has 17 N–H and O–H groups in total. The summed E-state index contributed by atoms with van der Waals surface area (Å²) in [6, 6.07) is 0. The Morgan fingerprint density at radius 1 is 0.516 bits per heavy atom. The standard InChI is InChI=1S/C63H102O30/c1-25(2)9-8-10-26(3)27-14-18-63(59(80)81)29-11-12-36-60(4,5)37(15-16-61(36,6)28(29)13-17-62(27,63)7)89-57-52(93-56-47(78)42(73)39(70)32(19-64)85-56)49(31(68)23-83-57)90-54-46(77)41(72)35(24-84-54)88-55-48(79)44(75)50(34(21-66)87-55)91-58-51(43(74)40(71)33(20-65)86-58)92-53-45(76)38(69)30(67)22-82-53/h9,26-27,30-58,64-79H,8,10-24H2,1-7H3,(H,80,81)/t26-,27?,30-,31+,32?,33?,34?,35+,36?,37+,38?,39+,40-,41?,42?,43?,44?,45?,46?,47?,48?,49?,50+,51?,52?,53+,54+,55+,56+,57+,58+,61-,62-,63?/m1/s1. The van der Waals surface area contributed by atoms with Crippen molar-refractivity contribution in [2.75, 3.05) is 39.6 Å². The first-order chi connectivity index (χ1) is 43.9. The number of hydrogen-bond acceptors (Lipinski definition) is 29. The molecule has 30 heteroatoms. The molecule has 0 radical (unpaired) electrons. The molecule has 93 heavy (non-hydrogen) atoms. The number of ether oxygens (including phenoxy) is 12. The van der Waals surface area contributed by atoms with Gasteiger partial charge in [0, 0.05) is 0 Å². The molecule has 0 aromatic carbocycles. The highest BCUT2D eigenvalue weighted by Gasteiger charge is 2.69. The molecule has 30 nitrogen and oxygen atoms in total. The highest BCUT2D eigenvalue weighted by atomic mass is 16.8. The van der Waals surface area contributed by atoms with Gasteiger partial charge in [0.05, 0.1) is 51.2 Å². The lowest BCUT2D eigenvalue weighted by atomic mass is 9.43. The summed E-state index contributed by atoms with van der Waals surface area (Å²) in [7, 11) is 0. The highest BCUT2D eigenvalue weighted by Crippen LogP contribution is 2.73. The van der Waals surface area contributed by atoms with Gasteiger partial charge in [0.15, 0.2) is 37.7 Å². The van der Waals surface area contributed by atoms with Crippen LogP contribution in [0.5, 0.6) is 0 Å². The van der Waals surface area contributed by atoms with Gasteiger partial charge in [-0.2, -0.15) is 0 Å². The van der Waals surface area contributed by atoms with E-state index in [1.54, 1.807) is 0 Å². The van der Waals surface area contributed by atoms with Gasteiger partial charge in [0.2, 0.25) is 0 Å². The summed E-state index contributed by atoms with van der Waals surface area (Å²) in [5, 5.41) is 186. The Morgan fingerprint density at radius 3 is 1.71 bits per heavy atom. The fraction of sp³-hybridized carbons (Fsp3) is 0.921. The minimum absolute atomic E-state index is 0.0253. The van der Waals surface area contributed by atoms with Crippen LogP contribution in [0.15, 0.2) is 22.8 Å². The summed E-state index contributed by atoms with van der Waals surface area (Å²) in [4.78, 5) is 14.0. The Kier molecular flexibility index (Phi) is 23.1. The molecule has 10 rings (SSSR count). The van der Waals surface area contributed by atoms with Crippen molar-refractivity contribution in [3.63, 3.8) is 0 Å². The van der Waals surface area contributed by atoms with Crippen LogP contribution in [-0.4, -0.2) is 304 Å². The van der Waals surface area contributed by atoms with E-state index in [-0.39, 0.29) is 11.8 Å². The average Bonchev–Trinajstić information content (AvgIpc) is 1.64. The van der Waals surface area contributed by atoms with Gasteiger partial charge in [0.1, 0.15) is 128 Å². The van der Waals surface area contributed by atoms with E-state index in [2.05, 4.69) is 54.5 Å². The largest absolute Gasteiger partial charge is 0.481 e. The van der Waals surface area contributed by atoms with E-state index in [0.29, 0.717) is 38.0 Å². The van der Waals surface area contributed by atoms with Crippen molar-refractivity contribution < 1.29 is 148 Å². The SMILES string of the molecule is CC(C)=CCC[C@@H](C)C1CCC2(C(=O)O)C3=C(CC[C@]12C)[C@@]1(C)CC[C@H](O[C@@H]2OC[C@H](O)C(O[C@@H]4OC[C@H](O[C@@H]5OC(CO)[C@H](O[C@@H]6OC(CO)[C@@H](O)C(O)C6O[C@@H]6OC[C@@H](O)C(O)C6O)C(O)C5O)C(O)C4O)C2O[C@@H]2OC(CO)[C@H](O)C(O)C2O)C(C)(C)C1CC3. The number of carboxylic acid groups (broad SMARTS) is 1. The van der Waals surface area contributed by atoms with Crippen molar-refractivity contribution in [1.29, 1.82) is 0 Å².